The summed E-state index contributed by atoms with van der Waals surface area (Å²) in [5, 5.41) is 7.20. The average molecular weight is 287 g/mol. The van der Waals surface area contributed by atoms with Gasteiger partial charge < -0.3 is 9.88 Å². The Balaban J connectivity index is 1.81. The molecular weight excluding hydrogens is 266 g/mol. The molecule has 3 rings (SSSR count). The third-order valence-electron chi connectivity index (χ3n) is 3.93. The highest BCUT2D eigenvalue weighted by atomic mass is 16.2. The zero-order valence-electron chi connectivity index (χ0n) is 12.7. The number of rotatable bonds is 5. The Morgan fingerprint density at radius 3 is 2.76 bits per heavy atom. The number of carbonyl (C=O) groups excluding carboxylic acids is 1. The molecule has 1 aliphatic carbocycles. The first-order valence-corrected chi connectivity index (χ1v) is 7.39. The van der Waals surface area contributed by atoms with Gasteiger partial charge in [-0.05, 0) is 30.9 Å². The fourth-order valence-corrected chi connectivity index (χ4v) is 2.59. The topological polar surface area (TPSA) is 64.7 Å². The molecule has 0 bridgehead atoms. The molecule has 0 aromatic carbocycles. The van der Waals surface area contributed by atoms with Crippen molar-refractivity contribution < 1.29 is 4.79 Å². The fourth-order valence-electron chi connectivity index (χ4n) is 2.59. The summed E-state index contributed by atoms with van der Waals surface area (Å²) >= 11 is 0. The van der Waals surface area contributed by atoms with E-state index in [-0.39, 0.29) is 17.9 Å². The number of hydrogen-bond donors (Lipinski definition) is 1. The van der Waals surface area contributed by atoms with E-state index in [0.717, 1.165) is 24.4 Å². The summed E-state index contributed by atoms with van der Waals surface area (Å²) in [6.07, 6.45) is 5.82. The smallest absolute Gasteiger partial charge is 0.268 e. The maximum absolute atomic E-state index is 12.6. The lowest BCUT2D eigenvalue weighted by Crippen LogP contribution is -2.34. The Morgan fingerprint density at radius 1 is 1.43 bits per heavy atom. The Kier molecular flexibility index (Phi) is 3.53. The summed E-state index contributed by atoms with van der Waals surface area (Å²) in [5.41, 5.74) is 0.727. The van der Waals surface area contributed by atoms with Crippen LogP contribution in [-0.4, -0.2) is 25.2 Å². The minimum absolute atomic E-state index is 0.0476. The molecule has 0 spiro atoms. The van der Waals surface area contributed by atoms with E-state index in [1.54, 1.807) is 4.68 Å². The molecule has 1 unspecified atom stereocenters. The summed E-state index contributed by atoms with van der Waals surface area (Å²) < 4.78 is 3.79. The van der Waals surface area contributed by atoms with Gasteiger partial charge in [-0.1, -0.05) is 13.8 Å². The lowest BCUT2D eigenvalue weighted by molar-refractivity contribution is 0.0912. The van der Waals surface area contributed by atoms with Crippen LogP contribution in [0.2, 0.25) is 0 Å². The number of nitrogens with zero attached hydrogens (tertiary/aromatic N) is 4. The van der Waals surface area contributed by atoms with Crippen LogP contribution < -0.4 is 5.32 Å². The maximum atomic E-state index is 12.6. The van der Waals surface area contributed by atoms with Gasteiger partial charge in [0.05, 0.1) is 6.04 Å². The van der Waals surface area contributed by atoms with Crippen LogP contribution in [0.25, 0.3) is 0 Å². The van der Waals surface area contributed by atoms with Crippen molar-refractivity contribution in [1.82, 2.24) is 24.6 Å². The zero-order chi connectivity index (χ0) is 15.0. The standard InChI is InChI=1S/C15H21N5O/c1-10(2)13(14-16-9-17-19(14)3)18-15(21)12-5-4-8-20(12)11-6-7-11/h4-5,8-11,13H,6-7H2,1-3H3,(H,18,21). The van der Waals surface area contributed by atoms with Crippen LogP contribution in [0.5, 0.6) is 0 Å². The van der Waals surface area contributed by atoms with Crippen molar-refractivity contribution >= 4 is 5.91 Å². The second-order valence-electron chi connectivity index (χ2n) is 5.97. The van der Waals surface area contributed by atoms with E-state index in [4.69, 9.17) is 0 Å². The quantitative estimate of drug-likeness (QED) is 0.915. The number of hydrogen-bond acceptors (Lipinski definition) is 3. The zero-order valence-corrected chi connectivity index (χ0v) is 12.7. The van der Waals surface area contributed by atoms with Gasteiger partial charge in [-0.2, -0.15) is 5.10 Å². The first-order chi connectivity index (χ1) is 10.1. The molecular formula is C15H21N5O. The molecule has 1 aliphatic rings. The van der Waals surface area contributed by atoms with E-state index in [1.165, 1.54) is 6.33 Å². The minimum Gasteiger partial charge on any atom is -0.340 e. The van der Waals surface area contributed by atoms with E-state index in [2.05, 4.69) is 33.8 Å². The van der Waals surface area contributed by atoms with Crippen molar-refractivity contribution in [2.75, 3.05) is 0 Å². The molecule has 1 atom stereocenters. The number of carbonyl (C=O) groups is 1. The van der Waals surface area contributed by atoms with E-state index < -0.39 is 0 Å². The summed E-state index contributed by atoms with van der Waals surface area (Å²) in [5.74, 6) is 0.970. The highest BCUT2D eigenvalue weighted by molar-refractivity contribution is 5.93. The van der Waals surface area contributed by atoms with Gasteiger partial charge >= 0.3 is 0 Å². The van der Waals surface area contributed by atoms with Gasteiger partial charge in [0.1, 0.15) is 17.8 Å². The van der Waals surface area contributed by atoms with Crippen molar-refractivity contribution in [2.24, 2.45) is 13.0 Å². The number of amides is 1. The predicted octanol–water partition coefficient (Wildman–Crippen LogP) is 2.08. The van der Waals surface area contributed by atoms with Crippen molar-refractivity contribution in [3.05, 3.63) is 36.2 Å². The van der Waals surface area contributed by atoms with Crippen LogP contribution in [0.15, 0.2) is 24.7 Å². The van der Waals surface area contributed by atoms with Crippen molar-refractivity contribution in [1.29, 1.82) is 0 Å². The molecule has 1 fully saturated rings. The summed E-state index contributed by atoms with van der Waals surface area (Å²) in [6.45, 7) is 4.14. The molecule has 0 aliphatic heterocycles. The van der Waals surface area contributed by atoms with E-state index in [9.17, 15) is 4.79 Å². The van der Waals surface area contributed by atoms with Crippen LogP contribution in [0.4, 0.5) is 0 Å². The van der Waals surface area contributed by atoms with Crippen LogP contribution in [0.1, 0.15) is 55.1 Å². The summed E-state index contributed by atoms with van der Waals surface area (Å²) in [7, 11) is 1.84. The Morgan fingerprint density at radius 2 is 2.19 bits per heavy atom. The van der Waals surface area contributed by atoms with Gasteiger partial charge in [0.15, 0.2) is 0 Å². The summed E-state index contributed by atoms with van der Waals surface area (Å²) in [4.78, 5) is 16.9. The SMILES string of the molecule is CC(C)C(NC(=O)c1cccn1C1CC1)c1ncnn1C. The molecule has 1 amide bonds. The van der Waals surface area contributed by atoms with Crippen molar-refractivity contribution in [2.45, 2.75) is 38.8 Å². The number of aryl methyl sites for hydroxylation is 1. The molecule has 6 heteroatoms. The number of aromatic nitrogens is 4. The molecule has 1 saturated carbocycles. The van der Waals surface area contributed by atoms with E-state index in [1.807, 2.05) is 25.4 Å². The molecule has 21 heavy (non-hydrogen) atoms. The number of nitrogens with one attached hydrogen (secondary N) is 1. The lowest BCUT2D eigenvalue weighted by atomic mass is 10.0. The second-order valence-corrected chi connectivity index (χ2v) is 5.97. The van der Waals surface area contributed by atoms with Crippen molar-refractivity contribution in [3.8, 4) is 0 Å². The van der Waals surface area contributed by atoms with Crippen LogP contribution in [0, 0.1) is 5.92 Å². The van der Waals surface area contributed by atoms with Gasteiger partial charge in [-0.25, -0.2) is 4.98 Å². The molecule has 112 valence electrons. The molecule has 6 nitrogen and oxygen atoms in total. The van der Waals surface area contributed by atoms with Crippen molar-refractivity contribution in [3.63, 3.8) is 0 Å². The van der Waals surface area contributed by atoms with E-state index in [0.29, 0.717) is 6.04 Å². The third-order valence-corrected chi connectivity index (χ3v) is 3.93. The summed E-state index contributed by atoms with van der Waals surface area (Å²) in [6, 6.07) is 4.15. The first kappa shape index (κ1) is 13.9. The van der Waals surface area contributed by atoms with Gasteiger partial charge in [0.25, 0.3) is 5.91 Å². The highest BCUT2D eigenvalue weighted by Crippen LogP contribution is 2.36. The average Bonchev–Trinajstić information content (AvgIpc) is 3.01. The van der Waals surface area contributed by atoms with Gasteiger partial charge in [-0.3, -0.25) is 9.48 Å². The molecule has 2 heterocycles. The van der Waals surface area contributed by atoms with Crippen LogP contribution in [0.3, 0.4) is 0 Å². The Labute approximate surface area is 124 Å². The minimum atomic E-state index is -0.146. The highest BCUT2D eigenvalue weighted by Gasteiger charge is 2.29. The molecule has 0 saturated heterocycles. The molecule has 2 aromatic rings. The predicted molar refractivity (Wildman–Crippen MR) is 78.8 cm³/mol. The van der Waals surface area contributed by atoms with Gasteiger partial charge in [0.2, 0.25) is 0 Å². The monoisotopic (exact) mass is 287 g/mol. The molecule has 1 N–H and O–H groups in total. The first-order valence-electron chi connectivity index (χ1n) is 7.39. The normalized spacial score (nSPS) is 16.2. The van der Waals surface area contributed by atoms with Crippen LogP contribution in [-0.2, 0) is 7.05 Å². The largest absolute Gasteiger partial charge is 0.340 e. The fraction of sp³-hybridized carbons (Fsp3) is 0.533. The lowest BCUT2D eigenvalue weighted by Gasteiger charge is -2.21. The maximum Gasteiger partial charge on any atom is 0.268 e. The second kappa shape index (κ2) is 5.35. The van der Waals surface area contributed by atoms with E-state index >= 15 is 0 Å². The third kappa shape index (κ3) is 2.70. The molecule has 2 aromatic heterocycles. The van der Waals surface area contributed by atoms with Gasteiger partial charge in [-0.15, -0.1) is 0 Å². The Bertz CT molecular complexity index is 638. The molecule has 0 radical (unpaired) electrons. The van der Waals surface area contributed by atoms with Crippen LogP contribution >= 0.6 is 0 Å². The van der Waals surface area contributed by atoms with Gasteiger partial charge in [0, 0.05) is 19.3 Å². The Hall–Kier alpha value is -2.11.